The van der Waals surface area contributed by atoms with E-state index in [1.165, 1.54) is 23.5 Å². The normalized spacial score (nSPS) is 12.4. The number of hydrogen-bond donors (Lipinski definition) is 3. The maximum atomic E-state index is 12.8. The van der Waals surface area contributed by atoms with Crippen molar-refractivity contribution in [1.82, 2.24) is 5.32 Å². The lowest BCUT2D eigenvalue weighted by Gasteiger charge is -2.11. The highest BCUT2D eigenvalue weighted by Gasteiger charge is 2.22. The molecule has 0 bridgehead atoms. The van der Waals surface area contributed by atoms with Gasteiger partial charge in [0.1, 0.15) is 4.88 Å². The second kappa shape index (κ2) is 9.34. The number of thiocarbonyl (C=S) groups is 1. The summed E-state index contributed by atoms with van der Waals surface area (Å²) in [5.41, 5.74) is 0.963. The Morgan fingerprint density at radius 1 is 0.971 bits per heavy atom. The van der Waals surface area contributed by atoms with Crippen molar-refractivity contribution in [2.75, 3.05) is 16.8 Å². The van der Waals surface area contributed by atoms with Gasteiger partial charge in [0.15, 0.2) is 16.6 Å². The molecule has 1 aromatic heterocycles. The molecule has 8 nitrogen and oxygen atoms in total. The minimum Gasteiger partial charge on any atom is -0.454 e. The van der Waals surface area contributed by atoms with E-state index in [-0.39, 0.29) is 16.8 Å². The molecule has 0 fully saturated rings. The number of carbonyl (C=O) groups excluding carboxylic acids is 1. The number of nitrogens with one attached hydrogen (secondary N) is 3. The van der Waals surface area contributed by atoms with Gasteiger partial charge < -0.3 is 14.8 Å². The van der Waals surface area contributed by atoms with Gasteiger partial charge in [-0.3, -0.25) is 14.8 Å². The highest BCUT2D eigenvalue weighted by atomic mass is 35.5. The lowest BCUT2D eigenvalue weighted by Crippen LogP contribution is -2.33. The predicted molar refractivity (Wildman–Crippen MR) is 140 cm³/mol. The number of amides is 1. The van der Waals surface area contributed by atoms with Crippen LogP contribution in [-0.2, 0) is 10.0 Å². The Bertz CT molecular complexity index is 1560. The third-order valence-electron chi connectivity index (χ3n) is 5.00. The first-order valence-corrected chi connectivity index (χ1v) is 13.2. The highest BCUT2D eigenvalue weighted by molar-refractivity contribution is 7.92. The third-order valence-corrected chi connectivity index (χ3v) is 8.26. The predicted octanol–water partition coefficient (Wildman–Crippen LogP) is 5.21. The van der Waals surface area contributed by atoms with Crippen LogP contribution in [-0.4, -0.2) is 26.2 Å². The van der Waals surface area contributed by atoms with Crippen LogP contribution in [0.5, 0.6) is 11.5 Å². The molecule has 3 aromatic carbocycles. The van der Waals surface area contributed by atoms with Crippen LogP contribution in [0.2, 0.25) is 5.02 Å². The summed E-state index contributed by atoms with van der Waals surface area (Å²) in [5, 5.41) is 6.48. The monoisotopic (exact) mass is 545 g/mol. The number of thiophene rings is 1. The van der Waals surface area contributed by atoms with Crippen molar-refractivity contribution >= 4 is 77.7 Å². The summed E-state index contributed by atoms with van der Waals surface area (Å²) in [5.74, 6) is 0.705. The van der Waals surface area contributed by atoms with Gasteiger partial charge in [0.25, 0.3) is 15.9 Å². The Labute approximate surface area is 214 Å². The Morgan fingerprint density at radius 2 is 1.66 bits per heavy atom. The summed E-state index contributed by atoms with van der Waals surface area (Å²) in [6, 6.07) is 18.1. The number of hydrogen-bond acceptors (Lipinski definition) is 7. The van der Waals surface area contributed by atoms with E-state index in [1.54, 1.807) is 54.6 Å². The van der Waals surface area contributed by atoms with Crippen LogP contribution in [0.4, 0.5) is 11.4 Å². The van der Waals surface area contributed by atoms with Crippen molar-refractivity contribution in [1.29, 1.82) is 0 Å². The van der Waals surface area contributed by atoms with Crippen LogP contribution in [0.3, 0.4) is 0 Å². The molecular formula is C23H16ClN3O5S3. The fourth-order valence-electron chi connectivity index (χ4n) is 3.36. The topological polar surface area (TPSA) is 106 Å². The molecule has 0 spiro atoms. The molecule has 1 aliphatic heterocycles. The molecule has 0 aliphatic carbocycles. The maximum absolute atomic E-state index is 12.8. The number of anilines is 2. The van der Waals surface area contributed by atoms with E-state index >= 15 is 0 Å². The molecule has 35 heavy (non-hydrogen) atoms. The lowest BCUT2D eigenvalue weighted by atomic mass is 10.2. The van der Waals surface area contributed by atoms with E-state index in [9.17, 15) is 13.2 Å². The van der Waals surface area contributed by atoms with Gasteiger partial charge in [-0.1, -0.05) is 29.8 Å². The van der Waals surface area contributed by atoms with Crippen molar-refractivity contribution in [2.24, 2.45) is 0 Å². The van der Waals surface area contributed by atoms with E-state index < -0.39 is 15.9 Å². The van der Waals surface area contributed by atoms with Crippen LogP contribution in [0.25, 0.3) is 10.1 Å². The minimum atomic E-state index is -3.75. The van der Waals surface area contributed by atoms with Crippen LogP contribution in [0.1, 0.15) is 9.67 Å². The molecule has 0 saturated carbocycles. The van der Waals surface area contributed by atoms with Crippen molar-refractivity contribution in [3.05, 3.63) is 76.6 Å². The molecule has 0 atom stereocenters. The summed E-state index contributed by atoms with van der Waals surface area (Å²) in [4.78, 5) is 13.2. The van der Waals surface area contributed by atoms with Crippen molar-refractivity contribution < 1.29 is 22.7 Å². The number of rotatable bonds is 5. The van der Waals surface area contributed by atoms with E-state index in [1.807, 2.05) is 0 Å². The van der Waals surface area contributed by atoms with Gasteiger partial charge in [0.05, 0.1) is 9.92 Å². The molecule has 1 aliphatic rings. The van der Waals surface area contributed by atoms with Crippen LogP contribution in [0, 0.1) is 0 Å². The molecule has 1 amide bonds. The summed E-state index contributed by atoms with van der Waals surface area (Å²) in [6.07, 6.45) is 0. The second-order valence-electron chi connectivity index (χ2n) is 7.35. The van der Waals surface area contributed by atoms with Gasteiger partial charge in [-0.05, 0) is 54.7 Å². The molecule has 3 N–H and O–H groups in total. The number of benzene rings is 3. The van der Waals surface area contributed by atoms with Gasteiger partial charge in [0, 0.05) is 27.5 Å². The van der Waals surface area contributed by atoms with E-state index in [0.717, 1.165) is 4.70 Å². The van der Waals surface area contributed by atoms with E-state index in [4.69, 9.17) is 33.3 Å². The molecule has 0 radical (unpaired) electrons. The molecule has 5 rings (SSSR count). The molecular weight excluding hydrogens is 530 g/mol. The number of sulfonamides is 1. The van der Waals surface area contributed by atoms with E-state index in [0.29, 0.717) is 38.2 Å². The van der Waals surface area contributed by atoms with Crippen LogP contribution >= 0.6 is 35.2 Å². The van der Waals surface area contributed by atoms with Crippen LogP contribution < -0.4 is 24.8 Å². The molecule has 2 heterocycles. The number of fused-ring (bicyclic) bond motifs is 2. The van der Waals surface area contributed by atoms with Crippen molar-refractivity contribution in [3.8, 4) is 11.5 Å². The second-order valence-corrected chi connectivity index (χ2v) is 10.9. The Hall–Kier alpha value is -3.38. The molecule has 12 heteroatoms. The third kappa shape index (κ3) is 4.89. The molecule has 0 saturated heterocycles. The largest absolute Gasteiger partial charge is 0.454 e. The molecule has 4 aromatic rings. The Kier molecular flexibility index (Phi) is 6.24. The Balaban J connectivity index is 1.25. The number of halogens is 1. The van der Waals surface area contributed by atoms with Crippen molar-refractivity contribution in [3.63, 3.8) is 0 Å². The zero-order valence-corrected chi connectivity index (χ0v) is 20.9. The summed E-state index contributed by atoms with van der Waals surface area (Å²) in [6.45, 7) is 0.147. The maximum Gasteiger partial charge on any atom is 0.269 e. The first kappa shape index (κ1) is 23.4. The number of para-hydroxylation sites is 1. The van der Waals surface area contributed by atoms with Gasteiger partial charge in [0.2, 0.25) is 6.79 Å². The molecule has 178 valence electrons. The quantitative estimate of drug-likeness (QED) is 0.296. The lowest BCUT2D eigenvalue weighted by molar-refractivity contribution is 0.0982. The van der Waals surface area contributed by atoms with E-state index in [2.05, 4.69) is 15.4 Å². The zero-order valence-electron chi connectivity index (χ0n) is 17.7. The first-order valence-electron chi connectivity index (χ1n) is 10.1. The zero-order chi connectivity index (χ0) is 24.6. The summed E-state index contributed by atoms with van der Waals surface area (Å²) >= 11 is 12.9. The smallest absolute Gasteiger partial charge is 0.269 e. The average molecular weight is 546 g/mol. The highest BCUT2D eigenvalue weighted by Crippen LogP contribution is 2.43. The fourth-order valence-corrected chi connectivity index (χ4v) is 6.05. The summed E-state index contributed by atoms with van der Waals surface area (Å²) in [7, 11) is -3.75. The van der Waals surface area contributed by atoms with Gasteiger partial charge >= 0.3 is 0 Å². The number of ether oxygens (including phenoxy) is 2. The number of carbonyl (C=O) groups is 1. The van der Waals surface area contributed by atoms with Crippen LogP contribution in [0.15, 0.2) is 71.6 Å². The standard InChI is InChI=1S/C23H16ClN3O5S3/c24-20-16-10-17-18(32-12-31-17)11-19(16)34-21(20)22(28)26-23(33)25-13-6-8-15(9-7-13)35(29,30)27-14-4-2-1-3-5-14/h1-11,27H,12H2,(H2,25,26,28,33). The summed E-state index contributed by atoms with van der Waals surface area (Å²) < 4.78 is 39.2. The molecule has 0 unspecified atom stereocenters. The average Bonchev–Trinajstić information content (AvgIpc) is 3.42. The van der Waals surface area contributed by atoms with Gasteiger partial charge in [-0.15, -0.1) is 11.3 Å². The fraction of sp³-hybridized carbons (Fsp3) is 0.0435. The SMILES string of the molecule is O=C(NC(=S)Nc1ccc(S(=O)(=O)Nc2ccccc2)cc1)c1sc2cc3c(cc2c1Cl)OCO3. The van der Waals surface area contributed by atoms with Gasteiger partial charge in [-0.25, -0.2) is 8.42 Å². The first-order chi connectivity index (χ1) is 16.8. The minimum absolute atomic E-state index is 0.0377. The Morgan fingerprint density at radius 3 is 2.37 bits per heavy atom. The van der Waals surface area contributed by atoms with Gasteiger partial charge in [-0.2, -0.15) is 0 Å². The van der Waals surface area contributed by atoms with Crippen molar-refractivity contribution in [2.45, 2.75) is 4.90 Å².